The molecule has 2 aromatic rings. The van der Waals surface area contributed by atoms with Crippen LogP contribution in [0.4, 0.5) is 5.82 Å². The minimum atomic E-state index is -0.170. The van der Waals surface area contributed by atoms with Gasteiger partial charge in [-0.05, 0) is 38.7 Å². The lowest BCUT2D eigenvalue weighted by Crippen LogP contribution is -2.40. The molecule has 1 unspecified atom stereocenters. The lowest BCUT2D eigenvalue weighted by Gasteiger charge is -2.38. The van der Waals surface area contributed by atoms with Gasteiger partial charge in [-0.25, -0.2) is 4.68 Å². The van der Waals surface area contributed by atoms with Crippen molar-refractivity contribution in [2.45, 2.75) is 50.7 Å². The highest BCUT2D eigenvalue weighted by atomic mass is 16.5. The highest BCUT2D eigenvalue weighted by Crippen LogP contribution is 2.40. The number of amides is 1. The Morgan fingerprint density at radius 2 is 2.11 bits per heavy atom. The van der Waals surface area contributed by atoms with E-state index in [2.05, 4.69) is 48.5 Å². The van der Waals surface area contributed by atoms with Gasteiger partial charge in [-0.2, -0.15) is 5.10 Å². The maximum Gasteiger partial charge on any atom is 0.259 e. The molecule has 2 aliphatic rings. The molecule has 2 atom stereocenters. The predicted molar refractivity (Wildman–Crippen MR) is 105 cm³/mol. The summed E-state index contributed by atoms with van der Waals surface area (Å²) in [5, 5.41) is 8.17. The van der Waals surface area contributed by atoms with E-state index >= 15 is 0 Å². The van der Waals surface area contributed by atoms with Crippen molar-refractivity contribution < 1.29 is 9.53 Å². The second-order valence-electron chi connectivity index (χ2n) is 8.19. The quantitative estimate of drug-likeness (QED) is 0.898. The van der Waals surface area contributed by atoms with E-state index in [4.69, 9.17) is 4.74 Å². The van der Waals surface area contributed by atoms with E-state index in [-0.39, 0.29) is 23.5 Å². The number of anilines is 1. The number of aromatic nitrogens is 2. The van der Waals surface area contributed by atoms with Crippen molar-refractivity contribution in [2.75, 3.05) is 25.6 Å². The normalized spacial score (nSPS) is 23.7. The van der Waals surface area contributed by atoms with E-state index in [1.54, 1.807) is 13.3 Å². The zero-order chi connectivity index (χ0) is 19.0. The summed E-state index contributed by atoms with van der Waals surface area (Å²) < 4.78 is 7.29. The SMILES string of the molecule is COC[C@H]1CCCN1C(=O)c1cnn2c1NC(c1ccccc1)CC2(C)C. The number of carbonyl (C=O) groups is 1. The Labute approximate surface area is 160 Å². The lowest BCUT2D eigenvalue weighted by atomic mass is 9.89. The fourth-order valence-corrected chi connectivity index (χ4v) is 4.41. The number of hydrogen-bond acceptors (Lipinski definition) is 4. The maximum absolute atomic E-state index is 13.3. The van der Waals surface area contributed by atoms with Crippen molar-refractivity contribution >= 4 is 11.7 Å². The first-order valence-electron chi connectivity index (χ1n) is 9.71. The molecule has 144 valence electrons. The number of rotatable bonds is 4. The topological polar surface area (TPSA) is 59.4 Å². The minimum absolute atomic E-state index is 0.0489. The van der Waals surface area contributed by atoms with Gasteiger partial charge in [-0.15, -0.1) is 0 Å². The van der Waals surface area contributed by atoms with E-state index < -0.39 is 0 Å². The third-order valence-electron chi connectivity index (χ3n) is 5.79. The molecular formula is C21H28N4O2. The molecule has 4 rings (SSSR count). The maximum atomic E-state index is 13.3. The van der Waals surface area contributed by atoms with Crippen molar-refractivity contribution in [3.8, 4) is 0 Å². The number of hydrogen-bond donors (Lipinski definition) is 1. The summed E-state index contributed by atoms with van der Waals surface area (Å²) in [6, 6.07) is 10.7. The second kappa shape index (κ2) is 7.00. The Hall–Kier alpha value is -2.34. The third-order valence-corrected chi connectivity index (χ3v) is 5.79. The molecule has 1 saturated heterocycles. The minimum Gasteiger partial charge on any atom is -0.383 e. The molecule has 6 nitrogen and oxygen atoms in total. The average Bonchev–Trinajstić information content (AvgIpc) is 3.29. The van der Waals surface area contributed by atoms with Gasteiger partial charge in [0.25, 0.3) is 5.91 Å². The molecule has 1 aromatic heterocycles. The van der Waals surface area contributed by atoms with Crippen molar-refractivity contribution in [3.63, 3.8) is 0 Å². The van der Waals surface area contributed by atoms with Crippen molar-refractivity contribution in [2.24, 2.45) is 0 Å². The van der Waals surface area contributed by atoms with Crippen LogP contribution >= 0.6 is 0 Å². The zero-order valence-electron chi connectivity index (χ0n) is 16.3. The van der Waals surface area contributed by atoms with Crippen LogP contribution in [-0.2, 0) is 10.3 Å². The van der Waals surface area contributed by atoms with Gasteiger partial charge in [0.1, 0.15) is 11.4 Å². The number of methoxy groups -OCH3 is 1. The molecule has 0 aliphatic carbocycles. The predicted octanol–water partition coefficient (Wildman–Crippen LogP) is 3.43. The number of nitrogens with one attached hydrogen (secondary N) is 1. The monoisotopic (exact) mass is 368 g/mol. The van der Waals surface area contributed by atoms with Gasteiger partial charge in [-0.1, -0.05) is 30.3 Å². The molecule has 0 radical (unpaired) electrons. The van der Waals surface area contributed by atoms with Crippen LogP contribution in [0.1, 0.15) is 55.1 Å². The summed E-state index contributed by atoms with van der Waals surface area (Å²) in [6.45, 7) is 5.72. The smallest absolute Gasteiger partial charge is 0.259 e. The summed E-state index contributed by atoms with van der Waals surface area (Å²) in [7, 11) is 1.69. The van der Waals surface area contributed by atoms with Gasteiger partial charge in [0, 0.05) is 13.7 Å². The van der Waals surface area contributed by atoms with Gasteiger partial charge >= 0.3 is 0 Å². The first-order chi connectivity index (χ1) is 13.0. The Bertz CT molecular complexity index is 815. The summed E-state index contributed by atoms with van der Waals surface area (Å²) in [6.07, 6.45) is 4.65. The highest BCUT2D eigenvalue weighted by molar-refractivity contribution is 5.99. The summed E-state index contributed by atoms with van der Waals surface area (Å²) in [5.74, 6) is 0.876. The largest absolute Gasteiger partial charge is 0.383 e. The fourth-order valence-electron chi connectivity index (χ4n) is 4.41. The first kappa shape index (κ1) is 18.0. The molecule has 0 bridgehead atoms. The number of carbonyl (C=O) groups excluding carboxylic acids is 1. The van der Waals surface area contributed by atoms with Crippen LogP contribution < -0.4 is 5.32 Å². The van der Waals surface area contributed by atoms with Crippen molar-refractivity contribution in [1.29, 1.82) is 0 Å². The highest BCUT2D eigenvalue weighted by Gasteiger charge is 2.38. The van der Waals surface area contributed by atoms with Gasteiger partial charge < -0.3 is 15.0 Å². The van der Waals surface area contributed by atoms with Crippen LogP contribution in [0.25, 0.3) is 0 Å². The third kappa shape index (κ3) is 3.23. The Morgan fingerprint density at radius 3 is 2.85 bits per heavy atom. The number of nitrogens with zero attached hydrogens (tertiary/aromatic N) is 3. The van der Waals surface area contributed by atoms with Crippen LogP contribution in [-0.4, -0.2) is 46.9 Å². The molecule has 1 amide bonds. The molecule has 6 heteroatoms. The first-order valence-corrected chi connectivity index (χ1v) is 9.71. The van der Waals surface area contributed by atoms with Crippen LogP contribution in [0.2, 0.25) is 0 Å². The lowest BCUT2D eigenvalue weighted by molar-refractivity contribution is 0.0631. The summed E-state index contributed by atoms with van der Waals surface area (Å²) >= 11 is 0. The fraction of sp³-hybridized carbons (Fsp3) is 0.524. The number of ether oxygens (including phenoxy) is 1. The average molecular weight is 368 g/mol. The van der Waals surface area contributed by atoms with Crippen LogP contribution in [0.5, 0.6) is 0 Å². The molecule has 0 spiro atoms. The van der Waals surface area contributed by atoms with Crippen LogP contribution in [0, 0.1) is 0 Å². The molecule has 1 fully saturated rings. The molecule has 2 aliphatic heterocycles. The second-order valence-corrected chi connectivity index (χ2v) is 8.19. The van der Waals surface area contributed by atoms with Gasteiger partial charge in [0.2, 0.25) is 0 Å². The van der Waals surface area contributed by atoms with Crippen LogP contribution in [0.3, 0.4) is 0 Å². The van der Waals surface area contributed by atoms with Gasteiger partial charge in [0.05, 0.1) is 30.4 Å². The Balaban J connectivity index is 1.66. The molecule has 1 aromatic carbocycles. The van der Waals surface area contributed by atoms with E-state index in [0.29, 0.717) is 12.2 Å². The number of likely N-dealkylation sites (tertiary alicyclic amines) is 1. The standard InChI is InChI=1S/C21H28N4O2/c1-21(2)12-18(15-8-5-4-6-9-15)23-19-17(13-22-25(19)21)20(26)24-11-7-10-16(24)14-27-3/h4-6,8-9,13,16,18,23H,7,10-12,14H2,1-3H3/t16-,18?/m1/s1. The molecule has 3 heterocycles. The molecule has 27 heavy (non-hydrogen) atoms. The van der Waals surface area contributed by atoms with E-state index in [1.807, 2.05) is 15.6 Å². The van der Waals surface area contributed by atoms with Crippen molar-refractivity contribution in [3.05, 3.63) is 47.7 Å². The van der Waals surface area contributed by atoms with Gasteiger partial charge in [-0.3, -0.25) is 4.79 Å². The number of fused-ring (bicyclic) bond motifs is 1. The molecule has 1 N–H and O–H groups in total. The van der Waals surface area contributed by atoms with E-state index in [9.17, 15) is 4.79 Å². The molecule has 0 saturated carbocycles. The van der Waals surface area contributed by atoms with Crippen molar-refractivity contribution in [1.82, 2.24) is 14.7 Å². The summed E-state index contributed by atoms with van der Waals surface area (Å²) in [5.41, 5.74) is 1.72. The number of benzene rings is 1. The zero-order valence-corrected chi connectivity index (χ0v) is 16.3. The Kier molecular flexibility index (Phi) is 4.68. The van der Waals surface area contributed by atoms with E-state index in [0.717, 1.165) is 31.6 Å². The van der Waals surface area contributed by atoms with E-state index in [1.165, 1.54) is 5.56 Å². The van der Waals surface area contributed by atoms with Crippen LogP contribution in [0.15, 0.2) is 36.5 Å². The molecular weight excluding hydrogens is 340 g/mol. The Morgan fingerprint density at radius 1 is 1.33 bits per heavy atom. The van der Waals surface area contributed by atoms with Gasteiger partial charge in [0.15, 0.2) is 0 Å². The summed E-state index contributed by atoms with van der Waals surface area (Å²) in [4.78, 5) is 15.2.